The minimum absolute atomic E-state index is 0.0132. The van der Waals surface area contributed by atoms with Crippen LogP contribution in [0.2, 0.25) is 0 Å². The van der Waals surface area contributed by atoms with Crippen LogP contribution < -0.4 is 5.32 Å². The van der Waals surface area contributed by atoms with Crippen LogP contribution in [0.5, 0.6) is 0 Å². The number of carbonyl (C=O) groups excluding carboxylic acids is 1. The van der Waals surface area contributed by atoms with E-state index < -0.39 is 0 Å². The van der Waals surface area contributed by atoms with Crippen molar-refractivity contribution in [1.82, 2.24) is 10.3 Å². The predicted molar refractivity (Wildman–Crippen MR) is 97.6 cm³/mol. The average Bonchev–Trinajstić information content (AvgIpc) is 2.66. The van der Waals surface area contributed by atoms with Crippen molar-refractivity contribution >= 4 is 17.7 Å². The topological polar surface area (TPSA) is 42.0 Å². The number of thioether (sulfide) groups is 1. The molecule has 0 saturated heterocycles. The van der Waals surface area contributed by atoms with Crippen LogP contribution in [0.1, 0.15) is 16.4 Å². The maximum absolute atomic E-state index is 12.8. The van der Waals surface area contributed by atoms with Crippen LogP contribution in [0.15, 0.2) is 90.1 Å². The number of rotatable bonds is 6. The van der Waals surface area contributed by atoms with Gasteiger partial charge in [0, 0.05) is 12.7 Å². The summed E-state index contributed by atoms with van der Waals surface area (Å²) in [5.74, 6) is -0.0132. The maximum atomic E-state index is 12.8. The van der Waals surface area contributed by atoms with Gasteiger partial charge in [-0.25, -0.2) is 4.98 Å². The second-order valence-electron chi connectivity index (χ2n) is 5.28. The predicted octanol–water partition coefficient (Wildman–Crippen LogP) is 4.23. The van der Waals surface area contributed by atoms with Crippen LogP contribution in [0.4, 0.5) is 0 Å². The van der Waals surface area contributed by atoms with E-state index in [0.29, 0.717) is 6.54 Å². The van der Waals surface area contributed by atoms with E-state index >= 15 is 0 Å². The molecule has 0 saturated carbocycles. The summed E-state index contributed by atoms with van der Waals surface area (Å²) in [6, 6.07) is 25.4. The third-order valence-electron chi connectivity index (χ3n) is 3.53. The van der Waals surface area contributed by atoms with Gasteiger partial charge in [-0.15, -0.1) is 0 Å². The summed E-state index contributed by atoms with van der Waals surface area (Å²) in [6.07, 6.45) is 1.74. The molecule has 3 rings (SSSR count). The molecule has 1 amide bonds. The molecule has 1 atom stereocenters. The Morgan fingerprint density at radius 3 is 2.25 bits per heavy atom. The van der Waals surface area contributed by atoms with Crippen molar-refractivity contribution in [3.63, 3.8) is 0 Å². The quantitative estimate of drug-likeness (QED) is 0.686. The first-order valence-electron chi connectivity index (χ1n) is 7.77. The van der Waals surface area contributed by atoms with Crippen LogP contribution in [0.3, 0.4) is 0 Å². The van der Waals surface area contributed by atoms with Gasteiger partial charge in [0.2, 0.25) is 5.91 Å². The van der Waals surface area contributed by atoms with Crippen molar-refractivity contribution < 1.29 is 4.79 Å². The molecular weight excluding hydrogens is 316 g/mol. The van der Waals surface area contributed by atoms with Gasteiger partial charge in [-0.05, 0) is 23.3 Å². The van der Waals surface area contributed by atoms with Gasteiger partial charge in [-0.1, -0.05) is 78.5 Å². The van der Waals surface area contributed by atoms with E-state index in [-0.39, 0.29) is 11.2 Å². The molecule has 0 fully saturated rings. The molecule has 3 aromatic rings. The normalized spacial score (nSPS) is 11.7. The zero-order chi connectivity index (χ0) is 16.6. The number of hydrogen-bond donors (Lipinski definition) is 1. The van der Waals surface area contributed by atoms with Crippen LogP contribution >= 0.6 is 11.8 Å². The molecule has 1 N–H and O–H groups in total. The highest BCUT2D eigenvalue weighted by Crippen LogP contribution is 2.34. The first-order chi connectivity index (χ1) is 11.8. The Hall–Kier alpha value is -2.59. The fourth-order valence-electron chi connectivity index (χ4n) is 2.32. The molecule has 0 spiro atoms. The molecule has 1 unspecified atom stereocenters. The summed E-state index contributed by atoms with van der Waals surface area (Å²) in [4.78, 5) is 17.1. The fourth-order valence-corrected chi connectivity index (χ4v) is 3.32. The monoisotopic (exact) mass is 334 g/mol. The molecule has 4 heteroatoms. The number of nitrogens with zero attached hydrogens (tertiary/aromatic N) is 1. The molecule has 0 aliphatic rings. The molecule has 1 aromatic heterocycles. The highest BCUT2D eigenvalue weighted by molar-refractivity contribution is 8.00. The first-order valence-corrected chi connectivity index (χ1v) is 8.65. The van der Waals surface area contributed by atoms with E-state index in [0.717, 1.165) is 16.2 Å². The SMILES string of the molecule is O=C(NCc1ccccc1)C(Sc1ccccn1)c1ccccc1. The lowest BCUT2D eigenvalue weighted by atomic mass is 10.1. The Kier molecular flexibility index (Phi) is 5.64. The molecule has 2 aromatic carbocycles. The number of carbonyl (C=O) groups is 1. The average molecular weight is 334 g/mol. The minimum atomic E-state index is -0.329. The van der Waals surface area contributed by atoms with Gasteiger partial charge in [-0.2, -0.15) is 0 Å². The van der Waals surface area contributed by atoms with E-state index in [1.807, 2.05) is 78.9 Å². The second kappa shape index (κ2) is 8.31. The lowest BCUT2D eigenvalue weighted by Gasteiger charge is -2.16. The first kappa shape index (κ1) is 16.3. The van der Waals surface area contributed by atoms with Crippen molar-refractivity contribution in [2.24, 2.45) is 0 Å². The number of pyridine rings is 1. The third-order valence-corrected chi connectivity index (χ3v) is 4.73. The number of benzene rings is 2. The Balaban J connectivity index is 1.75. The van der Waals surface area contributed by atoms with Crippen molar-refractivity contribution in [2.75, 3.05) is 0 Å². The summed E-state index contributed by atoms with van der Waals surface area (Å²) in [5, 5.41) is 3.54. The third kappa shape index (κ3) is 4.46. The van der Waals surface area contributed by atoms with Gasteiger partial charge >= 0.3 is 0 Å². The molecule has 0 aliphatic heterocycles. The number of amides is 1. The Morgan fingerprint density at radius 1 is 0.917 bits per heavy atom. The fraction of sp³-hybridized carbons (Fsp3) is 0.100. The van der Waals surface area contributed by atoms with Gasteiger partial charge in [-0.3, -0.25) is 4.79 Å². The van der Waals surface area contributed by atoms with Crippen LogP contribution in [0, 0.1) is 0 Å². The second-order valence-corrected chi connectivity index (χ2v) is 6.41. The summed E-state index contributed by atoms with van der Waals surface area (Å²) < 4.78 is 0. The number of aromatic nitrogens is 1. The number of nitrogens with one attached hydrogen (secondary N) is 1. The van der Waals surface area contributed by atoms with Crippen LogP contribution in [-0.4, -0.2) is 10.9 Å². The molecule has 120 valence electrons. The summed E-state index contributed by atoms with van der Waals surface area (Å²) in [5.41, 5.74) is 2.05. The zero-order valence-corrected chi connectivity index (χ0v) is 13.9. The van der Waals surface area contributed by atoms with Crippen LogP contribution in [-0.2, 0) is 11.3 Å². The molecule has 1 heterocycles. The zero-order valence-electron chi connectivity index (χ0n) is 13.1. The van der Waals surface area contributed by atoms with E-state index in [4.69, 9.17) is 0 Å². The van der Waals surface area contributed by atoms with Gasteiger partial charge in [0.1, 0.15) is 5.25 Å². The van der Waals surface area contributed by atoms with Gasteiger partial charge in [0.15, 0.2) is 0 Å². The lowest BCUT2D eigenvalue weighted by molar-refractivity contribution is -0.120. The van der Waals surface area contributed by atoms with Gasteiger partial charge < -0.3 is 5.32 Å². The van der Waals surface area contributed by atoms with Crippen molar-refractivity contribution in [1.29, 1.82) is 0 Å². The molecular formula is C20H18N2OS. The number of hydrogen-bond acceptors (Lipinski definition) is 3. The van der Waals surface area contributed by atoms with E-state index in [1.165, 1.54) is 11.8 Å². The molecule has 0 radical (unpaired) electrons. The van der Waals surface area contributed by atoms with Crippen molar-refractivity contribution in [3.8, 4) is 0 Å². The van der Waals surface area contributed by atoms with E-state index in [1.54, 1.807) is 6.20 Å². The smallest absolute Gasteiger partial charge is 0.238 e. The molecule has 0 aliphatic carbocycles. The van der Waals surface area contributed by atoms with Gasteiger partial charge in [0.25, 0.3) is 0 Å². The Bertz CT molecular complexity index is 763. The summed E-state index contributed by atoms with van der Waals surface area (Å²) >= 11 is 1.46. The molecule has 24 heavy (non-hydrogen) atoms. The van der Waals surface area contributed by atoms with E-state index in [9.17, 15) is 4.79 Å². The summed E-state index contributed by atoms with van der Waals surface area (Å²) in [7, 11) is 0. The highest BCUT2D eigenvalue weighted by atomic mass is 32.2. The molecule has 3 nitrogen and oxygen atoms in total. The van der Waals surface area contributed by atoms with Crippen LogP contribution in [0.25, 0.3) is 0 Å². The van der Waals surface area contributed by atoms with E-state index in [2.05, 4.69) is 10.3 Å². The van der Waals surface area contributed by atoms with Crippen molar-refractivity contribution in [2.45, 2.75) is 16.8 Å². The Morgan fingerprint density at radius 2 is 1.58 bits per heavy atom. The minimum Gasteiger partial charge on any atom is -0.351 e. The lowest BCUT2D eigenvalue weighted by Crippen LogP contribution is -2.27. The maximum Gasteiger partial charge on any atom is 0.238 e. The highest BCUT2D eigenvalue weighted by Gasteiger charge is 2.22. The summed E-state index contributed by atoms with van der Waals surface area (Å²) in [6.45, 7) is 0.520. The largest absolute Gasteiger partial charge is 0.351 e. The standard InChI is InChI=1S/C20H18N2OS/c23-20(22-15-16-9-3-1-4-10-16)19(17-11-5-2-6-12-17)24-18-13-7-8-14-21-18/h1-14,19H,15H2,(H,22,23). The molecule has 0 bridgehead atoms. The van der Waals surface area contributed by atoms with Crippen molar-refractivity contribution in [3.05, 3.63) is 96.2 Å². The Labute approximate surface area is 146 Å². The van der Waals surface area contributed by atoms with Gasteiger partial charge in [0.05, 0.1) is 5.03 Å².